The molecule has 0 aliphatic rings. The highest BCUT2D eigenvalue weighted by atomic mass is 79.9. The third kappa shape index (κ3) is 6.73. The molecule has 1 rings (SSSR count). The number of hydrogen-bond donors (Lipinski definition) is 2. The van der Waals surface area contributed by atoms with Gasteiger partial charge in [0.2, 0.25) is 5.91 Å². The van der Waals surface area contributed by atoms with Crippen molar-refractivity contribution in [1.82, 2.24) is 5.32 Å². The van der Waals surface area contributed by atoms with E-state index in [9.17, 15) is 4.79 Å². The Morgan fingerprint density at radius 2 is 1.80 bits per heavy atom. The van der Waals surface area contributed by atoms with Gasteiger partial charge in [0.1, 0.15) is 0 Å². The van der Waals surface area contributed by atoms with E-state index in [1.807, 2.05) is 32.9 Å². The van der Waals surface area contributed by atoms with Crippen molar-refractivity contribution >= 4 is 34.2 Å². The first-order valence-electron chi connectivity index (χ1n) is 6.70. The molecule has 0 fully saturated rings. The van der Waals surface area contributed by atoms with Gasteiger partial charge in [-0.2, -0.15) is 0 Å². The maximum Gasteiger partial charge on any atom is 0.224 e. The molecule has 5 heteroatoms. The van der Waals surface area contributed by atoms with Crippen molar-refractivity contribution in [2.24, 2.45) is 11.7 Å². The van der Waals surface area contributed by atoms with Gasteiger partial charge in [-0.1, -0.05) is 35.0 Å². The molecular formula is C15H24BrClN2O. The molecule has 0 aliphatic carbocycles. The van der Waals surface area contributed by atoms with Crippen LogP contribution in [-0.2, 0) is 11.2 Å². The lowest BCUT2D eigenvalue weighted by molar-refractivity contribution is -0.125. The molecule has 1 amide bonds. The van der Waals surface area contributed by atoms with Crippen molar-refractivity contribution in [3.8, 4) is 0 Å². The van der Waals surface area contributed by atoms with Crippen LogP contribution in [0.25, 0.3) is 0 Å². The van der Waals surface area contributed by atoms with Crippen molar-refractivity contribution in [2.75, 3.05) is 0 Å². The summed E-state index contributed by atoms with van der Waals surface area (Å²) >= 11 is 3.42. The number of nitrogens with one attached hydrogen (secondary N) is 1. The Balaban J connectivity index is 0.00000361. The zero-order chi connectivity index (χ0) is 14.4. The van der Waals surface area contributed by atoms with E-state index >= 15 is 0 Å². The summed E-state index contributed by atoms with van der Waals surface area (Å²) in [6.45, 7) is 5.75. The largest absolute Gasteiger partial charge is 0.353 e. The molecule has 0 bridgehead atoms. The van der Waals surface area contributed by atoms with Crippen molar-refractivity contribution < 1.29 is 4.79 Å². The first-order chi connectivity index (χ1) is 8.90. The molecule has 114 valence electrons. The van der Waals surface area contributed by atoms with Gasteiger partial charge in [-0.05, 0) is 44.4 Å². The van der Waals surface area contributed by atoms with Crippen LogP contribution in [0.3, 0.4) is 0 Å². The van der Waals surface area contributed by atoms with E-state index in [1.165, 1.54) is 5.56 Å². The van der Waals surface area contributed by atoms with Gasteiger partial charge in [0.15, 0.2) is 0 Å². The van der Waals surface area contributed by atoms with E-state index in [-0.39, 0.29) is 36.3 Å². The average molecular weight is 364 g/mol. The zero-order valence-corrected chi connectivity index (χ0v) is 14.6. The topological polar surface area (TPSA) is 55.1 Å². The minimum atomic E-state index is -0.143. The van der Waals surface area contributed by atoms with E-state index in [2.05, 4.69) is 33.4 Å². The van der Waals surface area contributed by atoms with Crippen LogP contribution in [0.15, 0.2) is 28.7 Å². The van der Waals surface area contributed by atoms with Crippen LogP contribution in [0.1, 0.15) is 32.8 Å². The number of rotatable bonds is 6. The Labute approximate surface area is 136 Å². The van der Waals surface area contributed by atoms with Crippen molar-refractivity contribution in [1.29, 1.82) is 0 Å². The zero-order valence-electron chi connectivity index (χ0n) is 12.2. The fourth-order valence-corrected chi connectivity index (χ4v) is 1.98. The fraction of sp³-hybridized carbons (Fsp3) is 0.533. The Kier molecular flexibility index (Phi) is 9.10. The summed E-state index contributed by atoms with van der Waals surface area (Å²) < 4.78 is 1.09. The van der Waals surface area contributed by atoms with Crippen LogP contribution >= 0.6 is 28.3 Å². The van der Waals surface area contributed by atoms with E-state index in [4.69, 9.17) is 5.73 Å². The van der Waals surface area contributed by atoms with Crippen LogP contribution in [-0.4, -0.2) is 18.0 Å². The van der Waals surface area contributed by atoms with Crippen molar-refractivity contribution in [3.63, 3.8) is 0 Å². The number of amides is 1. The third-order valence-corrected chi connectivity index (χ3v) is 3.90. The lowest BCUT2D eigenvalue weighted by Gasteiger charge is -2.19. The molecule has 3 atom stereocenters. The summed E-state index contributed by atoms with van der Waals surface area (Å²) in [6, 6.07) is 8.33. The highest BCUT2D eigenvalue weighted by Crippen LogP contribution is 2.12. The van der Waals surface area contributed by atoms with Gasteiger partial charge in [-0.15, -0.1) is 12.4 Å². The summed E-state index contributed by atoms with van der Waals surface area (Å²) in [7, 11) is 0. The minimum Gasteiger partial charge on any atom is -0.353 e. The summed E-state index contributed by atoms with van der Waals surface area (Å²) in [5, 5.41) is 3.01. The molecular weight excluding hydrogens is 340 g/mol. The molecule has 1 aromatic rings. The summed E-state index contributed by atoms with van der Waals surface area (Å²) in [6.07, 6.45) is 1.89. The first kappa shape index (κ1) is 19.4. The Morgan fingerprint density at radius 1 is 1.25 bits per heavy atom. The third-order valence-electron chi connectivity index (χ3n) is 3.37. The Bertz CT molecular complexity index is 409. The molecule has 20 heavy (non-hydrogen) atoms. The number of nitrogens with two attached hydrogens (primary N) is 1. The summed E-state index contributed by atoms with van der Waals surface area (Å²) in [4.78, 5) is 11.9. The fourth-order valence-electron chi connectivity index (χ4n) is 1.72. The maximum absolute atomic E-state index is 11.9. The number of aryl methyl sites for hydroxylation is 1. The Hall–Kier alpha value is -0.580. The average Bonchev–Trinajstić information content (AvgIpc) is 2.37. The van der Waals surface area contributed by atoms with Gasteiger partial charge in [0.05, 0.1) is 0 Å². The second-order valence-corrected chi connectivity index (χ2v) is 6.14. The van der Waals surface area contributed by atoms with E-state index in [0.717, 1.165) is 17.3 Å². The van der Waals surface area contributed by atoms with E-state index in [1.54, 1.807) is 0 Å². The summed E-state index contributed by atoms with van der Waals surface area (Å²) in [5.41, 5.74) is 7.01. The van der Waals surface area contributed by atoms with E-state index < -0.39 is 0 Å². The predicted octanol–water partition coefficient (Wildman–Crippen LogP) is 3.29. The number of carbonyl (C=O) groups is 1. The lowest BCUT2D eigenvalue weighted by Crippen LogP contribution is -2.42. The molecule has 3 N–H and O–H groups in total. The smallest absolute Gasteiger partial charge is 0.224 e. The lowest BCUT2D eigenvalue weighted by atomic mass is 10.0. The van der Waals surface area contributed by atoms with Crippen LogP contribution < -0.4 is 11.1 Å². The highest BCUT2D eigenvalue weighted by molar-refractivity contribution is 9.10. The number of halogens is 2. The van der Waals surface area contributed by atoms with Gasteiger partial charge in [-0.25, -0.2) is 0 Å². The molecule has 0 saturated heterocycles. The highest BCUT2D eigenvalue weighted by Gasteiger charge is 2.18. The standard InChI is InChI=1S/C15H23BrN2O.ClH/c1-10(18-15(19)11(2)12(3)17)4-5-13-6-8-14(16)9-7-13;/h6-12H,4-5,17H2,1-3H3,(H,18,19);1H. The molecule has 3 unspecified atom stereocenters. The number of carbonyl (C=O) groups excluding carboxylic acids is 1. The minimum absolute atomic E-state index is 0. The van der Waals surface area contributed by atoms with Crippen LogP contribution in [0.4, 0.5) is 0 Å². The first-order valence-corrected chi connectivity index (χ1v) is 7.50. The molecule has 0 saturated carbocycles. The predicted molar refractivity (Wildman–Crippen MR) is 90.1 cm³/mol. The van der Waals surface area contributed by atoms with Crippen molar-refractivity contribution in [3.05, 3.63) is 34.3 Å². The van der Waals surface area contributed by atoms with Crippen molar-refractivity contribution in [2.45, 2.75) is 45.7 Å². The van der Waals surface area contributed by atoms with Gasteiger partial charge in [0.25, 0.3) is 0 Å². The van der Waals surface area contributed by atoms with Gasteiger partial charge >= 0.3 is 0 Å². The number of benzene rings is 1. The maximum atomic E-state index is 11.9. The molecule has 3 nitrogen and oxygen atoms in total. The molecule has 0 radical (unpaired) electrons. The molecule has 0 aliphatic heterocycles. The summed E-state index contributed by atoms with van der Waals surface area (Å²) in [5.74, 6) is -0.103. The monoisotopic (exact) mass is 362 g/mol. The molecule has 0 heterocycles. The quantitative estimate of drug-likeness (QED) is 0.815. The number of hydrogen-bond acceptors (Lipinski definition) is 2. The molecule has 0 aromatic heterocycles. The second-order valence-electron chi connectivity index (χ2n) is 5.22. The normalized spacial score (nSPS) is 14.8. The van der Waals surface area contributed by atoms with Crippen LogP contribution in [0.2, 0.25) is 0 Å². The van der Waals surface area contributed by atoms with E-state index in [0.29, 0.717) is 0 Å². The SMILES string of the molecule is CC(CCc1ccc(Br)cc1)NC(=O)C(C)C(C)N.Cl. The van der Waals surface area contributed by atoms with Crippen LogP contribution in [0, 0.1) is 5.92 Å². The van der Waals surface area contributed by atoms with Gasteiger partial charge < -0.3 is 11.1 Å². The second kappa shape index (κ2) is 9.37. The molecule has 1 aromatic carbocycles. The van der Waals surface area contributed by atoms with Crippen LogP contribution in [0.5, 0.6) is 0 Å². The van der Waals surface area contributed by atoms with Gasteiger partial charge in [-0.3, -0.25) is 4.79 Å². The molecule has 0 spiro atoms. The Morgan fingerprint density at radius 3 is 2.30 bits per heavy atom. The van der Waals surface area contributed by atoms with Gasteiger partial charge in [0, 0.05) is 22.5 Å².